The van der Waals surface area contributed by atoms with Gasteiger partial charge in [0, 0.05) is 31.5 Å². The first-order chi connectivity index (χ1) is 13.8. The Bertz CT molecular complexity index is 1280. The number of fused-ring (bicyclic) bond motifs is 3. The van der Waals surface area contributed by atoms with Crippen LogP contribution in [0, 0.1) is 13.8 Å². The fraction of sp³-hybridized carbons (Fsp3) is 0.227. The Morgan fingerprint density at radius 1 is 1.00 bits per heavy atom. The molecule has 4 rings (SSSR count). The standard InChI is InChI=1S/C22H23N3O3S/c1-16-4-7-19(8-5-16)29(26,27)28-13-12-24(3)18-10-11-25-21-14-17(2)6-9-20(21)23-22(25)15-18/h4-11,14-15H,12-13H2,1-3H3. The van der Waals surface area contributed by atoms with Crippen LogP contribution in [0.4, 0.5) is 5.69 Å². The molecule has 0 saturated carbocycles. The third-order valence-corrected chi connectivity index (χ3v) is 6.29. The topological polar surface area (TPSA) is 63.9 Å². The zero-order valence-corrected chi connectivity index (χ0v) is 17.5. The zero-order chi connectivity index (χ0) is 20.6. The molecule has 0 bridgehead atoms. The molecular weight excluding hydrogens is 386 g/mol. The molecule has 0 aliphatic rings. The number of rotatable bonds is 6. The summed E-state index contributed by atoms with van der Waals surface area (Å²) in [6.45, 7) is 4.47. The van der Waals surface area contributed by atoms with Crippen LogP contribution in [0.3, 0.4) is 0 Å². The number of aromatic nitrogens is 2. The van der Waals surface area contributed by atoms with Gasteiger partial charge in [0.15, 0.2) is 0 Å². The molecule has 0 amide bonds. The van der Waals surface area contributed by atoms with Crippen molar-refractivity contribution in [3.63, 3.8) is 0 Å². The van der Waals surface area contributed by atoms with Gasteiger partial charge in [-0.25, -0.2) is 4.98 Å². The Labute approximate surface area is 170 Å². The van der Waals surface area contributed by atoms with Crippen molar-refractivity contribution >= 4 is 32.5 Å². The lowest BCUT2D eigenvalue weighted by atomic mass is 10.2. The molecule has 0 aliphatic heterocycles. The number of hydrogen-bond acceptors (Lipinski definition) is 5. The van der Waals surface area contributed by atoms with Crippen LogP contribution >= 0.6 is 0 Å². The summed E-state index contributed by atoms with van der Waals surface area (Å²) in [5, 5.41) is 0. The van der Waals surface area contributed by atoms with Gasteiger partial charge in [0.2, 0.25) is 0 Å². The van der Waals surface area contributed by atoms with Crippen LogP contribution < -0.4 is 4.90 Å². The van der Waals surface area contributed by atoms with Crippen molar-refractivity contribution in [2.45, 2.75) is 18.7 Å². The number of anilines is 1. The minimum Gasteiger partial charge on any atom is -0.372 e. The Morgan fingerprint density at radius 2 is 1.72 bits per heavy atom. The number of imidazole rings is 1. The van der Waals surface area contributed by atoms with Crippen molar-refractivity contribution in [2.24, 2.45) is 0 Å². The van der Waals surface area contributed by atoms with Gasteiger partial charge in [-0.2, -0.15) is 8.42 Å². The highest BCUT2D eigenvalue weighted by molar-refractivity contribution is 7.86. The molecule has 4 aromatic rings. The number of pyridine rings is 1. The predicted molar refractivity (Wildman–Crippen MR) is 115 cm³/mol. The van der Waals surface area contributed by atoms with Crippen LogP contribution in [0.15, 0.2) is 65.7 Å². The highest BCUT2D eigenvalue weighted by atomic mass is 32.2. The number of aryl methyl sites for hydroxylation is 2. The van der Waals surface area contributed by atoms with Crippen LogP contribution in [0.1, 0.15) is 11.1 Å². The van der Waals surface area contributed by atoms with Crippen LogP contribution in [0.25, 0.3) is 16.7 Å². The number of benzene rings is 2. The maximum atomic E-state index is 12.3. The van der Waals surface area contributed by atoms with Crippen molar-refractivity contribution in [2.75, 3.05) is 25.1 Å². The molecule has 0 radical (unpaired) electrons. The summed E-state index contributed by atoms with van der Waals surface area (Å²) in [6, 6.07) is 16.8. The summed E-state index contributed by atoms with van der Waals surface area (Å²) in [6.07, 6.45) is 1.99. The molecule has 0 aliphatic carbocycles. The van der Waals surface area contributed by atoms with E-state index in [1.54, 1.807) is 24.3 Å². The molecule has 0 atom stereocenters. The van der Waals surface area contributed by atoms with Crippen molar-refractivity contribution in [3.05, 3.63) is 71.9 Å². The molecule has 2 aromatic heterocycles. The normalized spacial score (nSPS) is 12.0. The predicted octanol–water partition coefficient (Wildman–Crippen LogP) is 3.95. The van der Waals surface area contributed by atoms with E-state index in [0.29, 0.717) is 6.54 Å². The van der Waals surface area contributed by atoms with E-state index in [1.807, 2.05) is 49.3 Å². The number of hydrogen-bond donors (Lipinski definition) is 0. The second-order valence-electron chi connectivity index (χ2n) is 7.23. The van der Waals surface area contributed by atoms with Gasteiger partial charge in [-0.15, -0.1) is 0 Å². The first kappa shape index (κ1) is 19.4. The minimum atomic E-state index is -3.75. The Kier molecular flexibility index (Phi) is 5.02. The molecular formula is C22H23N3O3S. The molecule has 150 valence electrons. The minimum absolute atomic E-state index is 0.0630. The van der Waals surface area contributed by atoms with E-state index in [2.05, 4.69) is 22.4 Å². The van der Waals surface area contributed by atoms with Gasteiger partial charge in [0.05, 0.1) is 22.5 Å². The molecule has 2 aromatic carbocycles. The average Bonchev–Trinajstić information content (AvgIpc) is 3.05. The number of likely N-dealkylation sites (N-methyl/N-ethyl adjacent to an activating group) is 1. The summed E-state index contributed by atoms with van der Waals surface area (Å²) >= 11 is 0. The third-order valence-electron chi connectivity index (χ3n) is 4.96. The zero-order valence-electron chi connectivity index (χ0n) is 16.7. The van der Waals surface area contributed by atoms with Crippen LogP contribution in [-0.2, 0) is 14.3 Å². The highest BCUT2D eigenvalue weighted by Crippen LogP contribution is 2.22. The Hall–Kier alpha value is -2.90. The van der Waals surface area contributed by atoms with Crippen molar-refractivity contribution < 1.29 is 12.6 Å². The average molecular weight is 410 g/mol. The summed E-state index contributed by atoms with van der Waals surface area (Å²) in [4.78, 5) is 6.80. The van der Waals surface area contributed by atoms with Gasteiger partial charge in [0.25, 0.3) is 10.1 Å². The third kappa shape index (κ3) is 3.97. The second kappa shape index (κ2) is 7.50. The van der Waals surface area contributed by atoms with Gasteiger partial charge < -0.3 is 4.90 Å². The molecule has 0 spiro atoms. The molecule has 0 fully saturated rings. The summed E-state index contributed by atoms with van der Waals surface area (Å²) in [5.41, 5.74) is 6.00. The molecule has 0 unspecified atom stereocenters. The maximum absolute atomic E-state index is 12.3. The maximum Gasteiger partial charge on any atom is 0.297 e. The van der Waals surface area contributed by atoms with Crippen LogP contribution in [-0.4, -0.2) is 38.0 Å². The SMILES string of the molecule is Cc1ccc(S(=O)(=O)OCCN(C)c2ccn3c(c2)nc2ccc(C)cc23)cc1. The monoisotopic (exact) mass is 409 g/mol. The summed E-state index contributed by atoms with van der Waals surface area (Å²) in [7, 11) is -1.85. The first-order valence-electron chi connectivity index (χ1n) is 9.39. The highest BCUT2D eigenvalue weighted by Gasteiger charge is 2.15. The van der Waals surface area contributed by atoms with Gasteiger partial charge >= 0.3 is 0 Å². The molecule has 0 N–H and O–H groups in total. The molecule has 2 heterocycles. The van der Waals surface area contributed by atoms with E-state index in [4.69, 9.17) is 4.18 Å². The number of nitrogens with zero attached hydrogens (tertiary/aromatic N) is 3. The van der Waals surface area contributed by atoms with Crippen molar-refractivity contribution in [1.82, 2.24) is 9.38 Å². The van der Waals surface area contributed by atoms with E-state index in [-0.39, 0.29) is 11.5 Å². The first-order valence-corrected chi connectivity index (χ1v) is 10.8. The van der Waals surface area contributed by atoms with Gasteiger partial charge in [-0.05, 0) is 49.7 Å². The lowest BCUT2D eigenvalue weighted by molar-refractivity contribution is 0.325. The van der Waals surface area contributed by atoms with Gasteiger partial charge in [-0.1, -0.05) is 23.8 Å². The van der Waals surface area contributed by atoms with E-state index in [0.717, 1.165) is 27.9 Å². The van der Waals surface area contributed by atoms with Crippen LogP contribution in [0.2, 0.25) is 0 Å². The Morgan fingerprint density at radius 3 is 2.48 bits per heavy atom. The second-order valence-corrected chi connectivity index (χ2v) is 8.84. The fourth-order valence-electron chi connectivity index (χ4n) is 3.23. The summed E-state index contributed by atoms with van der Waals surface area (Å²) < 4.78 is 31.9. The van der Waals surface area contributed by atoms with E-state index < -0.39 is 10.1 Å². The Balaban J connectivity index is 1.47. The summed E-state index contributed by atoms with van der Waals surface area (Å²) in [5.74, 6) is 0. The van der Waals surface area contributed by atoms with Gasteiger partial charge in [0.1, 0.15) is 5.65 Å². The quantitative estimate of drug-likeness (QED) is 0.451. The van der Waals surface area contributed by atoms with Crippen molar-refractivity contribution in [3.8, 4) is 0 Å². The fourth-order valence-corrected chi connectivity index (χ4v) is 4.13. The van der Waals surface area contributed by atoms with Crippen molar-refractivity contribution in [1.29, 1.82) is 0 Å². The smallest absolute Gasteiger partial charge is 0.297 e. The largest absolute Gasteiger partial charge is 0.372 e. The molecule has 29 heavy (non-hydrogen) atoms. The molecule has 0 saturated heterocycles. The lowest BCUT2D eigenvalue weighted by Gasteiger charge is -2.19. The molecule has 7 heteroatoms. The lowest BCUT2D eigenvalue weighted by Crippen LogP contribution is -2.24. The van der Waals surface area contributed by atoms with E-state index in [1.165, 1.54) is 5.56 Å². The van der Waals surface area contributed by atoms with Crippen LogP contribution in [0.5, 0.6) is 0 Å². The van der Waals surface area contributed by atoms with E-state index in [9.17, 15) is 8.42 Å². The molecule has 6 nitrogen and oxygen atoms in total. The van der Waals surface area contributed by atoms with E-state index >= 15 is 0 Å². The van der Waals surface area contributed by atoms with Gasteiger partial charge in [-0.3, -0.25) is 8.58 Å².